The third kappa shape index (κ3) is 4.72. The standard InChI is InChI=1S/C18H34N6/c1-7-8-9-24(6)16-14(19)15(20-12-21-16)22-13-10-17(2,3)23-18(4,5)11-13/h12-13,23H,7-11,19H2,1-6H3,(H,20,21,22). The molecule has 6 heteroatoms. The van der Waals surface area contributed by atoms with Crippen LogP contribution in [-0.2, 0) is 0 Å². The van der Waals surface area contributed by atoms with Crippen molar-refractivity contribution in [2.24, 2.45) is 0 Å². The van der Waals surface area contributed by atoms with Crippen LogP contribution in [0.2, 0.25) is 0 Å². The molecule has 0 aliphatic carbocycles. The molecule has 0 spiro atoms. The maximum atomic E-state index is 6.36. The summed E-state index contributed by atoms with van der Waals surface area (Å²) in [6.45, 7) is 12.1. The number of hydrogen-bond acceptors (Lipinski definition) is 6. The molecule has 6 nitrogen and oxygen atoms in total. The highest BCUT2D eigenvalue weighted by atomic mass is 15.2. The number of unbranched alkanes of at least 4 members (excludes halogenated alkanes) is 1. The highest BCUT2D eigenvalue weighted by Crippen LogP contribution is 2.32. The first-order valence-corrected chi connectivity index (χ1v) is 9.01. The number of piperidine rings is 1. The SMILES string of the molecule is CCCCN(C)c1ncnc(NC2CC(C)(C)NC(C)(C)C2)c1N. The number of aromatic nitrogens is 2. The lowest BCUT2D eigenvalue weighted by atomic mass is 9.79. The Morgan fingerprint density at radius 3 is 2.46 bits per heavy atom. The van der Waals surface area contributed by atoms with Crippen LogP contribution in [0.4, 0.5) is 17.3 Å². The smallest absolute Gasteiger partial charge is 0.157 e. The summed E-state index contributed by atoms with van der Waals surface area (Å²) < 4.78 is 0. The molecular formula is C18H34N6. The fourth-order valence-electron chi connectivity index (χ4n) is 3.92. The lowest BCUT2D eigenvalue weighted by Gasteiger charge is -2.46. The first kappa shape index (κ1) is 18.8. The van der Waals surface area contributed by atoms with Crippen LogP contribution in [0.25, 0.3) is 0 Å². The van der Waals surface area contributed by atoms with Gasteiger partial charge >= 0.3 is 0 Å². The van der Waals surface area contributed by atoms with E-state index < -0.39 is 0 Å². The van der Waals surface area contributed by atoms with Crippen LogP contribution in [0.3, 0.4) is 0 Å². The van der Waals surface area contributed by atoms with Crippen molar-refractivity contribution >= 4 is 17.3 Å². The zero-order valence-corrected chi connectivity index (χ0v) is 16.1. The molecule has 0 atom stereocenters. The molecule has 1 fully saturated rings. The van der Waals surface area contributed by atoms with Crippen LogP contribution >= 0.6 is 0 Å². The Hall–Kier alpha value is -1.56. The van der Waals surface area contributed by atoms with Gasteiger partial charge in [-0.1, -0.05) is 13.3 Å². The summed E-state index contributed by atoms with van der Waals surface area (Å²) in [5, 5.41) is 7.27. The van der Waals surface area contributed by atoms with Crippen LogP contribution in [0.15, 0.2) is 6.33 Å². The summed E-state index contributed by atoms with van der Waals surface area (Å²) >= 11 is 0. The average Bonchev–Trinajstić information content (AvgIpc) is 2.43. The summed E-state index contributed by atoms with van der Waals surface area (Å²) in [7, 11) is 2.04. The molecular weight excluding hydrogens is 300 g/mol. The maximum Gasteiger partial charge on any atom is 0.157 e. The average molecular weight is 335 g/mol. The second-order valence-electron chi connectivity index (χ2n) is 8.38. The number of rotatable bonds is 6. The summed E-state index contributed by atoms with van der Waals surface area (Å²) in [5.41, 5.74) is 7.18. The molecule has 2 heterocycles. The Balaban J connectivity index is 2.15. The zero-order valence-electron chi connectivity index (χ0n) is 16.1. The number of nitrogen functional groups attached to an aromatic ring is 1. The van der Waals surface area contributed by atoms with Crippen molar-refractivity contribution in [3.05, 3.63) is 6.33 Å². The quantitative estimate of drug-likeness (QED) is 0.742. The van der Waals surface area contributed by atoms with Gasteiger partial charge in [-0.05, 0) is 47.0 Å². The molecule has 2 rings (SSSR count). The van der Waals surface area contributed by atoms with E-state index in [1.165, 1.54) is 0 Å². The van der Waals surface area contributed by atoms with Gasteiger partial charge in [-0.2, -0.15) is 0 Å². The molecule has 0 radical (unpaired) electrons. The van der Waals surface area contributed by atoms with Gasteiger partial charge in [-0.25, -0.2) is 9.97 Å². The Labute approximate surface area is 146 Å². The maximum absolute atomic E-state index is 6.36. The zero-order chi connectivity index (χ0) is 18.0. The fraction of sp³-hybridized carbons (Fsp3) is 0.778. The topological polar surface area (TPSA) is 79.1 Å². The van der Waals surface area contributed by atoms with Gasteiger partial charge < -0.3 is 21.3 Å². The van der Waals surface area contributed by atoms with E-state index in [9.17, 15) is 0 Å². The summed E-state index contributed by atoms with van der Waals surface area (Å²) in [4.78, 5) is 10.9. The van der Waals surface area contributed by atoms with Crippen molar-refractivity contribution in [3.8, 4) is 0 Å². The van der Waals surface area contributed by atoms with E-state index in [1.807, 2.05) is 7.05 Å². The number of anilines is 3. The van der Waals surface area contributed by atoms with Gasteiger partial charge in [-0.15, -0.1) is 0 Å². The van der Waals surface area contributed by atoms with Crippen LogP contribution in [0.5, 0.6) is 0 Å². The molecule has 4 N–H and O–H groups in total. The van der Waals surface area contributed by atoms with Gasteiger partial charge in [0, 0.05) is 30.7 Å². The van der Waals surface area contributed by atoms with Crippen molar-refractivity contribution < 1.29 is 0 Å². The van der Waals surface area contributed by atoms with E-state index in [-0.39, 0.29) is 11.1 Å². The van der Waals surface area contributed by atoms with Crippen molar-refractivity contribution in [1.29, 1.82) is 0 Å². The van der Waals surface area contributed by atoms with Crippen molar-refractivity contribution in [1.82, 2.24) is 15.3 Å². The third-order valence-corrected chi connectivity index (χ3v) is 4.60. The van der Waals surface area contributed by atoms with Crippen LogP contribution in [0.1, 0.15) is 60.3 Å². The minimum absolute atomic E-state index is 0.0853. The highest BCUT2D eigenvalue weighted by Gasteiger charge is 2.38. The molecule has 0 amide bonds. The van der Waals surface area contributed by atoms with Gasteiger partial charge in [0.2, 0.25) is 0 Å². The normalized spacial score (nSPS) is 19.9. The third-order valence-electron chi connectivity index (χ3n) is 4.60. The minimum Gasteiger partial charge on any atom is -0.393 e. The van der Waals surface area contributed by atoms with Gasteiger partial charge in [0.25, 0.3) is 0 Å². The summed E-state index contributed by atoms with van der Waals surface area (Å²) in [5.74, 6) is 1.57. The van der Waals surface area contributed by atoms with Gasteiger partial charge in [0.15, 0.2) is 11.6 Å². The molecule has 136 valence electrons. The van der Waals surface area contributed by atoms with Gasteiger partial charge in [-0.3, -0.25) is 0 Å². The van der Waals surface area contributed by atoms with Crippen molar-refractivity contribution in [2.75, 3.05) is 29.5 Å². The van der Waals surface area contributed by atoms with Gasteiger partial charge in [0.05, 0.1) is 0 Å². The summed E-state index contributed by atoms with van der Waals surface area (Å²) in [6, 6.07) is 0.335. The van der Waals surface area contributed by atoms with Crippen molar-refractivity contribution in [3.63, 3.8) is 0 Å². The predicted octanol–water partition coefficient (Wildman–Crippen LogP) is 3.02. The Bertz CT molecular complexity index is 538. The Kier molecular flexibility index (Phi) is 5.58. The molecule has 1 aliphatic heterocycles. The monoisotopic (exact) mass is 334 g/mol. The molecule has 1 aromatic rings. The number of nitrogens with zero attached hydrogens (tertiary/aromatic N) is 3. The van der Waals surface area contributed by atoms with E-state index >= 15 is 0 Å². The molecule has 1 saturated heterocycles. The van der Waals surface area contributed by atoms with E-state index in [1.54, 1.807) is 6.33 Å². The van der Waals surface area contributed by atoms with E-state index in [0.29, 0.717) is 11.7 Å². The van der Waals surface area contributed by atoms with E-state index in [2.05, 4.69) is 60.1 Å². The van der Waals surface area contributed by atoms with E-state index in [4.69, 9.17) is 5.73 Å². The van der Waals surface area contributed by atoms with E-state index in [0.717, 1.165) is 43.9 Å². The first-order chi connectivity index (χ1) is 11.1. The molecule has 24 heavy (non-hydrogen) atoms. The Morgan fingerprint density at radius 1 is 1.25 bits per heavy atom. The second-order valence-corrected chi connectivity index (χ2v) is 8.38. The molecule has 1 aliphatic rings. The Morgan fingerprint density at radius 2 is 1.88 bits per heavy atom. The van der Waals surface area contributed by atoms with Crippen LogP contribution < -0.4 is 21.3 Å². The lowest BCUT2D eigenvalue weighted by Crippen LogP contribution is -2.60. The number of hydrogen-bond donors (Lipinski definition) is 3. The lowest BCUT2D eigenvalue weighted by molar-refractivity contribution is 0.170. The first-order valence-electron chi connectivity index (χ1n) is 9.01. The number of nitrogens with two attached hydrogens (primary N) is 1. The van der Waals surface area contributed by atoms with Gasteiger partial charge in [0.1, 0.15) is 12.0 Å². The largest absolute Gasteiger partial charge is 0.393 e. The molecule has 0 bridgehead atoms. The van der Waals surface area contributed by atoms with Crippen LogP contribution in [-0.4, -0.2) is 40.7 Å². The molecule has 1 aromatic heterocycles. The second kappa shape index (κ2) is 7.13. The molecule has 0 saturated carbocycles. The number of nitrogens with one attached hydrogen (secondary N) is 2. The van der Waals surface area contributed by atoms with Crippen LogP contribution in [0, 0.1) is 0 Å². The molecule has 0 aromatic carbocycles. The predicted molar refractivity (Wildman–Crippen MR) is 103 cm³/mol. The molecule has 0 unspecified atom stereocenters. The highest BCUT2D eigenvalue weighted by molar-refractivity contribution is 5.74. The minimum atomic E-state index is 0.0853. The fourth-order valence-corrected chi connectivity index (χ4v) is 3.92. The van der Waals surface area contributed by atoms with Crippen molar-refractivity contribution in [2.45, 2.75) is 77.4 Å². The summed E-state index contributed by atoms with van der Waals surface area (Å²) in [6.07, 6.45) is 5.94.